The molecule has 1 aromatic heterocycles. The van der Waals surface area contributed by atoms with Crippen molar-refractivity contribution in [1.82, 2.24) is 4.57 Å². The maximum absolute atomic E-state index is 13.5. The Morgan fingerprint density at radius 3 is 2.53 bits per heavy atom. The normalized spacial score (nSPS) is 10.2. The number of carboxylic acids is 1. The lowest BCUT2D eigenvalue weighted by atomic mass is 10.2. The monoisotopic (exact) mass is 233 g/mol. The van der Waals surface area contributed by atoms with Crippen molar-refractivity contribution < 1.29 is 14.3 Å². The molecular weight excluding hydrogens is 225 g/mol. The molecule has 86 valence electrons. The average Bonchev–Trinajstić information content (AvgIpc) is 2.30. The van der Waals surface area contributed by atoms with Gasteiger partial charge in [0.15, 0.2) is 0 Å². The molecule has 2 aromatic rings. The van der Waals surface area contributed by atoms with E-state index in [2.05, 4.69) is 0 Å². The van der Waals surface area contributed by atoms with Gasteiger partial charge in [0, 0.05) is 6.20 Å². The lowest BCUT2D eigenvalue weighted by Gasteiger charge is -2.06. The molecule has 0 unspecified atom stereocenters. The van der Waals surface area contributed by atoms with Crippen LogP contribution in [0.2, 0.25) is 0 Å². The standard InChI is InChI=1S/C12H8FNO3/c13-9-5-1-2-6-10(9)14-7-3-4-8(11(14)15)12(16)17/h1-7H,(H,16,17). The van der Waals surface area contributed by atoms with Crippen LogP contribution in [0.4, 0.5) is 4.39 Å². The first kappa shape index (κ1) is 11.1. The van der Waals surface area contributed by atoms with Gasteiger partial charge < -0.3 is 5.11 Å². The average molecular weight is 233 g/mol. The molecule has 1 heterocycles. The topological polar surface area (TPSA) is 59.3 Å². The molecule has 0 bridgehead atoms. The third-order valence-corrected chi connectivity index (χ3v) is 2.29. The van der Waals surface area contributed by atoms with E-state index >= 15 is 0 Å². The van der Waals surface area contributed by atoms with E-state index in [4.69, 9.17) is 5.11 Å². The second-order valence-corrected chi connectivity index (χ2v) is 3.35. The van der Waals surface area contributed by atoms with Gasteiger partial charge in [-0.3, -0.25) is 9.36 Å². The van der Waals surface area contributed by atoms with Crippen molar-refractivity contribution >= 4 is 5.97 Å². The summed E-state index contributed by atoms with van der Waals surface area (Å²) in [6, 6.07) is 8.24. The minimum atomic E-state index is -1.33. The second kappa shape index (κ2) is 4.21. The molecule has 0 radical (unpaired) electrons. The number of hydrogen-bond acceptors (Lipinski definition) is 2. The number of carbonyl (C=O) groups is 1. The molecule has 0 aliphatic heterocycles. The number of benzene rings is 1. The molecule has 1 aromatic carbocycles. The van der Waals surface area contributed by atoms with Crippen molar-refractivity contribution in [1.29, 1.82) is 0 Å². The summed E-state index contributed by atoms with van der Waals surface area (Å²) >= 11 is 0. The van der Waals surface area contributed by atoms with Crippen LogP contribution in [-0.2, 0) is 0 Å². The Kier molecular flexibility index (Phi) is 2.74. The number of hydrogen-bond donors (Lipinski definition) is 1. The highest BCUT2D eigenvalue weighted by molar-refractivity contribution is 5.87. The number of nitrogens with zero attached hydrogens (tertiary/aromatic N) is 1. The minimum Gasteiger partial charge on any atom is -0.477 e. The van der Waals surface area contributed by atoms with Gasteiger partial charge in [-0.25, -0.2) is 9.18 Å². The van der Waals surface area contributed by atoms with E-state index in [-0.39, 0.29) is 5.69 Å². The number of aromatic nitrogens is 1. The Morgan fingerprint density at radius 2 is 1.88 bits per heavy atom. The summed E-state index contributed by atoms with van der Waals surface area (Å²) in [5.74, 6) is -1.92. The van der Waals surface area contributed by atoms with Crippen molar-refractivity contribution in [3.05, 3.63) is 64.3 Å². The number of aromatic carboxylic acids is 1. The van der Waals surface area contributed by atoms with Crippen LogP contribution >= 0.6 is 0 Å². The van der Waals surface area contributed by atoms with Crippen molar-refractivity contribution in [3.63, 3.8) is 0 Å². The molecule has 4 nitrogen and oxygen atoms in total. The number of halogens is 1. The lowest BCUT2D eigenvalue weighted by Crippen LogP contribution is -2.24. The van der Waals surface area contributed by atoms with Gasteiger partial charge in [-0.1, -0.05) is 12.1 Å². The van der Waals surface area contributed by atoms with E-state index in [0.717, 1.165) is 4.57 Å². The molecule has 2 rings (SSSR count). The fourth-order valence-electron chi connectivity index (χ4n) is 1.49. The number of para-hydroxylation sites is 1. The first-order valence-corrected chi connectivity index (χ1v) is 4.81. The van der Waals surface area contributed by atoms with Gasteiger partial charge in [0.25, 0.3) is 5.56 Å². The highest BCUT2D eigenvalue weighted by atomic mass is 19.1. The number of carboxylic acid groups (broad SMARTS) is 1. The van der Waals surface area contributed by atoms with Gasteiger partial charge in [0.05, 0.1) is 5.69 Å². The Hall–Kier alpha value is -2.43. The zero-order valence-electron chi connectivity index (χ0n) is 8.63. The fraction of sp³-hybridized carbons (Fsp3) is 0. The quantitative estimate of drug-likeness (QED) is 0.858. The Balaban J connectivity index is 2.70. The molecular formula is C12H8FNO3. The van der Waals surface area contributed by atoms with Gasteiger partial charge in [-0.15, -0.1) is 0 Å². The highest BCUT2D eigenvalue weighted by Gasteiger charge is 2.12. The molecule has 17 heavy (non-hydrogen) atoms. The van der Waals surface area contributed by atoms with E-state index in [1.54, 1.807) is 6.07 Å². The summed E-state index contributed by atoms with van der Waals surface area (Å²) in [4.78, 5) is 22.6. The summed E-state index contributed by atoms with van der Waals surface area (Å²) in [7, 11) is 0. The van der Waals surface area contributed by atoms with Gasteiger partial charge in [-0.2, -0.15) is 0 Å². The van der Waals surface area contributed by atoms with E-state index in [1.165, 1.54) is 36.5 Å². The fourth-order valence-corrected chi connectivity index (χ4v) is 1.49. The Labute approximate surface area is 95.6 Å². The van der Waals surface area contributed by atoms with Crippen LogP contribution in [0.5, 0.6) is 0 Å². The van der Waals surface area contributed by atoms with E-state index in [1.807, 2.05) is 0 Å². The van der Waals surface area contributed by atoms with Crippen LogP contribution in [0.25, 0.3) is 5.69 Å². The van der Waals surface area contributed by atoms with Crippen LogP contribution in [-0.4, -0.2) is 15.6 Å². The first-order chi connectivity index (χ1) is 8.11. The maximum atomic E-state index is 13.5. The maximum Gasteiger partial charge on any atom is 0.341 e. The first-order valence-electron chi connectivity index (χ1n) is 4.81. The van der Waals surface area contributed by atoms with Gasteiger partial charge >= 0.3 is 5.97 Å². The third kappa shape index (κ3) is 1.94. The molecule has 0 fully saturated rings. The molecule has 0 saturated carbocycles. The zero-order valence-corrected chi connectivity index (χ0v) is 8.63. The van der Waals surface area contributed by atoms with Crippen LogP contribution in [0.3, 0.4) is 0 Å². The third-order valence-electron chi connectivity index (χ3n) is 2.29. The molecule has 1 N–H and O–H groups in total. The lowest BCUT2D eigenvalue weighted by molar-refractivity contribution is 0.0694. The smallest absolute Gasteiger partial charge is 0.341 e. The van der Waals surface area contributed by atoms with Crippen LogP contribution in [0.15, 0.2) is 47.4 Å². The minimum absolute atomic E-state index is 0.0283. The highest BCUT2D eigenvalue weighted by Crippen LogP contribution is 2.10. The van der Waals surface area contributed by atoms with Crippen molar-refractivity contribution in [2.24, 2.45) is 0 Å². The van der Waals surface area contributed by atoms with Crippen molar-refractivity contribution in [3.8, 4) is 5.69 Å². The van der Waals surface area contributed by atoms with E-state index < -0.39 is 22.9 Å². The summed E-state index contributed by atoms with van der Waals surface area (Å²) < 4.78 is 14.5. The summed E-state index contributed by atoms with van der Waals surface area (Å²) in [6.45, 7) is 0. The SMILES string of the molecule is O=C(O)c1cccn(-c2ccccc2F)c1=O. The Morgan fingerprint density at radius 1 is 1.18 bits per heavy atom. The summed E-state index contributed by atoms with van der Waals surface area (Å²) in [5, 5.41) is 8.80. The van der Waals surface area contributed by atoms with Gasteiger partial charge in [-0.05, 0) is 24.3 Å². The Bertz CT molecular complexity index is 634. The number of rotatable bonds is 2. The summed E-state index contributed by atoms with van der Waals surface area (Å²) in [5.41, 5.74) is -1.12. The molecule has 0 spiro atoms. The molecule has 0 aliphatic rings. The van der Waals surface area contributed by atoms with E-state index in [9.17, 15) is 14.0 Å². The predicted molar refractivity (Wildman–Crippen MR) is 59.0 cm³/mol. The second-order valence-electron chi connectivity index (χ2n) is 3.35. The molecule has 0 amide bonds. The van der Waals surface area contributed by atoms with Crippen molar-refractivity contribution in [2.75, 3.05) is 0 Å². The van der Waals surface area contributed by atoms with E-state index in [0.29, 0.717) is 0 Å². The molecule has 0 saturated heterocycles. The van der Waals surface area contributed by atoms with Gasteiger partial charge in [0.2, 0.25) is 0 Å². The van der Waals surface area contributed by atoms with Gasteiger partial charge in [0.1, 0.15) is 11.4 Å². The largest absolute Gasteiger partial charge is 0.477 e. The molecule has 0 atom stereocenters. The molecule has 0 aliphatic carbocycles. The van der Waals surface area contributed by atoms with Crippen LogP contribution in [0, 0.1) is 5.82 Å². The number of pyridine rings is 1. The molecule has 5 heteroatoms. The van der Waals surface area contributed by atoms with Crippen molar-refractivity contribution in [2.45, 2.75) is 0 Å². The zero-order chi connectivity index (χ0) is 12.4. The predicted octanol–water partition coefficient (Wildman–Crippen LogP) is 1.67. The summed E-state index contributed by atoms with van der Waals surface area (Å²) in [6.07, 6.45) is 1.33. The van der Waals surface area contributed by atoms with Crippen LogP contribution in [0.1, 0.15) is 10.4 Å². The van der Waals surface area contributed by atoms with Crippen LogP contribution < -0.4 is 5.56 Å².